The Balaban J connectivity index is 1.67. The standard InChI is InChI=1S/C16H20N2O2S/c1-10-9-14(21-13(10)3-2-7-17)16(19)18-12-6-8-20-15(12)11-4-5-11/h9,11-12,15H,4-8,17H2,1H3,(H,18,19). The second-order valence-electron chi connectivity index (χ2n) is 5.67. The van der Waals surface area contributed by atoms with Gasteiger partial charge in [-0.2, -0.15) is 0 Å². The van der Waals surface area contributed by atoms with Gasteiger partial charge in [0.25, 0.3) is 5.91 Å². The summed E-state index contributed by atoms with van der Waals surface area (Å²) in [6.07, 6.45) is 3.59. The van der Waals surface area contributed by atoms with Crippen LogP contribution in [-0.4, -0.2) is 31.2 Å². The minimum absolute atomic E-state index is 0.00921. The van der Waals surface area contributed by atoms with Gasteiger partial charge in [0.05, 0.1) is 28.4 Å². The van der Waals surface area contributed by atoms with E-state index >= 15 is 0 Å². The molecule has 112 valence electrons. The first kappa shape index (κ1) is 14.6. The van der Waals surface area contributed by atoms with Gasteiger partial charge in [-0.15, -0.1) is 11.3 Å². The fraction of sp³-hybridized carbons (Fsp3) is 0.562. The van der Waals surface area contributed by atoms with Crippen molar-refractivity contribution in [2.45, 2.75) is 38.3 Å². The number of nitrogens with two attached hydrogens (primary N) is 1. The van der Waals surface area contributed by atoms with Crippen molar-refractivity contribution in [2.75, 3.05) is 13.2 Å². The quantitative estimate of drug-likeness (QED) is 0.835. The van der Waals surface area contributed by atoms with Gasteiger partial charge in [0.2, 0.25) is 0 Å². The molecular weight excluding hydrogens is 284 g/mol. The average Bonchev–Trinajstić information content (AvgIpc) is 3.10. The van der Waals surface area contributed by atoms with E-state index in [0.717, 1.165) is 28.3 Å². The molecule has 1 saturated heterocycles. The molecule has 0 radical (unpaired) electrons. The van der Waals surface area contributed by atoms with Crippen LogP contribution in [0.25, 0.3) is 0 Å². The van der Waals surface area contributed by atoms with Crippen molar-refractivity contribution >= 4 is 17.2 Å². The van der Waals surface area contributed by atoms with E-state index in [2.05, 4.69) is 17.2 Å². The Labute approximate surface area is 129 Å². The van der Waals surface area contributed by atoms with E-state index in [1.807, 2.05) is 13.0 Å². The maximum Gasteiger partial charge on any atom is 0.261 e. The fourth-order valence-corrected chi connectivity index (χ4v) is 3.69. The highest BCUT2D eigenvalue weighted by Crippen LogP contribution is 2.38. The molecule has 2 heterocycles. The lowest BCUT2D eigenvalue weighted by atomic mass is 10.1. The Morgan fingerprint density at radius 2 is 2.33 bits per heavy atom. The van der Waals surface area contributed by atoms with Gasteiger partial charge < -0.3 is 15.8 Å². The largest absolute Gasteiger partial charge is 0.376 e. The zero-order chi connectivity index (χ0) is 14.8. The number of aryl methyl sites for hydroxylation is 1. The molecule has 2 atom stereocenters. The van der Waals surface area contributed by atoms with E-state index in [0.29, 0.717) is 12.5 Å². The third kappa shape index (κ3) is 3.29. The van der Waals surface area contributed by atoms with E-state index in [1.165, 1.54) is 24.2 Å². The van der Waals surface area contributed by atoms with E-state index in [4.69, 9.17) is 10.5 Å². The average molecular weight is 304 g/mol. The third-order valence-electron chi connectivity index (χ3n) is 3.98. The molecule has 3 rings (SSSR count). The van der Waals surface area contributed by atoms with Crippen molar-refractivity contribution in [1.29, 1.82) is 0 Å². The van der Waals surface area contributed by atoms with Crippen molar-refractivity contribution in [3.63, 3.8) is 0 Å². The minimum atomic E-state index is -0.00921. The maximum absolute atomic E-state index is 12.4. The summed E-state index contributed by atoms with van der Waals surface area (Å²) >= 11 is 1.43. The van der Waals surface area contributed by atoms with Crippen LogP contribution in [0.4, 0.5) is 0 Å². The molecule has 2 aliphatic rings. The fourth-order valence-electron chi connectivity index (χ4n) is 2.74. The Kier molecular flexibility index (Phi) is 4.29. The third-order valence-corrected chi connectivity index (χ3v) is 5.14. The summed E-state index contributed by atoms with van der Waals surface area (Å²) in [5.74, 6) is 6.49. The second kappa shape index (κ2) is 6.18. The summed E-state index contributed by atoms with van der Waals surface area (Å²) in [6.45, 7) is 3.06. The second-order valence-corrected chi connectivity index (χ2v) is 6.72. The lowest BCUT2D eigenvalue weighted by Crippen LogP contribution is -2.41. The van der Waals surface area contributed by atoms with Gasteiger partial charge in [-0.05, 0) is 43.7 Å². The van der Waals surface area contributed by atoms with Crippen LogP contribution in [0.2, 0.25) is 0 Å². The zero-order valence-electron chi connectivity index (χ0n) is 12.1. The molecule has 3 N–H and O–H groups in total. The predicted octanol–water partition coefficient (Wildman–Crippen LogP) is 1.66. The van der Waals surface area contributed by atoms with Gasteiger partial charge in [-0.1, -0.05) is 11.8 Å². The summed E-state index contributed by atoms with van der Waals surface area (Å²) in [4.78, 5) is 14.0. The highest BCUT2D eigenvalue weighted by molar-refractivity contribution is 7.14. The van der Waals surface area contributed by atoms with Crippen molar-refractivity contribution in [3.8, 4) is 11.8 Å². The predicted molar refractivity (Wildman–Crippen MR) is 83.3 cm³/mol. The van der Waals surface area contributed by atoms with Crippen LogP contribution in [0, 0.1) is 24.7 Å². The topological polar surface area (TPSA) is 64.3 Å². The number of carbonyl (C=O) groups excluding carboxylic acids is 1. The maximum atomic E-state index is 12.4. The zero-order valence-corrected chi connectivity index (χ0v) is 13.0. The van der Waals surface area contributed by atoms with Crippen LogP contribution in [-0.2, 0) is 4.74 Å². The molecule has 4 nitrogen and oxygen atoms in total. The first-order valence-corrected chi connectivity index (χ1v) is 8.22. The summed E-state index contributed by atoms with van der Waals surface area (Å²) in [7, 11) is 0. The van der Waals surface area contributed by atoms with Gasteiger partial charge in [-0.25, -0.2) is 0 Å². The molecule has 2 unspecified atom stereocenters. The Bertz CT molecular complexity index is 595. The van der Waals surface area contributed by atoms with E-state index < -0.39 is 0 Å². The number of hydrogen-bond acceptors (Lipinski definition) is 4. The Morgan fingerprint density at radius 1 is 1.52 bits per heavy atom. The van der Waals surface area contributed by atoms with E-state index in [9.17, 15) is 4.79 Å². The smallest absolute Gasteiger partial charge is 0.261 e. The van der Waals surface area contributed by atoms with E-state index in [-0.39, 0.29) is 18.1 Å². The minimum Gasteiger partial charge on any atom is -0.376 e. The number of carbonyl (C=O) groups is 1. The van der Waals surface area contributed by atoms with Gasteiger partial charge in [0.1, 0.15) is 0 Å². The first-order chi connectivity index (χ1) is 10.2. The molecule has 0 bridgehead atoms. The number of nitrogens with one attached hydrogen (secondary N) is 1. The molecule has 2 fully saturated rings. The molecule has 1 aromatic rings. The van der Waals surface area contributed by atoms with E-state index in [1.54, 1.807) is 0 Å². The molecule has 1 aromatic heterocycles. The van der Waals surface area contributed by atoms with Crippen molar-refractivity contribution in [2.24, 2.45) is 11.7 Å². The van der Waals surface area contributed by atoms with Gasteiger partial charge in [0.15, 0.2) is 0 Å². The first-order valence-electron chi connectivity index (χ1n) is 7.41. The van der Waals surface area contributed by atoms with Crippen LogP contribution < -0.4 is 11.1 Å². The molecule has 5 heteroatoms. The number of thiophene rings is 1. The molecule has 0 spiro atoms. The SMILES string of the molecule is Cc1cc(C(=O)NC2CCOC2C2CC2)sc1C#CCN. The lowest BCUT2D eigenvalue weighted by molar-refractivity contribution is 0.0731. The molecule has 1 aliphatic carbocycles. The molecular formula is C16H20N2O2S. The highest BCUT2D eigenvalue weighted by atomic mass is 32.1. The van der Waals surface area contributed by atoms with Gasteiger partial charge in [-0.3, -0.25) is 4.79 Å². The summed E-state index contributed by atoms with van der Waals surface area (Å²) in [6, 6.07) is 2.06. The summed E-state index contributed by atoms with van der Waals surface area (Å²) in [5.41, 5.74) is 6.42. The van der Waals surface area contributed by atoms with Gasteiger partial charge >= 0.3 is 0 Å². The van der Waals surface area contributed by atoms with Crippen LogP contribution >= 0.6 is 11.3 Å². The normalized spacial score (nSPS) is 24.5. The molecule has 0 aromatic carbocycles. The molecule has 1 amide bonds. The summed E-state index contributed by atoms with van der Waals surface area (Å²) < 4.78 is 5.76. The van der Waals surface area contributed by atoms with Crippen LogP contribution in [0.1, 0.15) is 39.4 Å². The lowest BCUT2D eigenvalue weighted by Gasteiger charge is -2.18. The number of amides is 1. The summed E-state index contributed by atoms with van der Waals surface area (Å²) in [5, 5.41) is 3.14. The number of hydrogen-bond donors (Lipinski definition) is 2. The van der Waals surface area contributed by atoms with Crippen LogP contribution in [0.5, 0.6) is 0 Å². The number of rotatable bonds is 3. The van der Waals surface area contributed by atoms with Gasteiger partial charge in [0, 0.05) is 6.61 Å². The Morgan fingerprint density at radius 3 is 3.05 bits per heavy atom. The number of ether oxygens (including phenoxy) is 1. The monoisotopic (exact) mass is 304 g/mol. The molecule has 1 saturated carbocycles. The molecule has 1 aliphatic heterocycles. The Hall–Kier alpha value is -1.35. The van der Waals surface area contributed by atoms with Crippen LogP contribution in [0.3, 0.4) is 0 Å². The highest BCUT2D eigenvalue weighted by Gasteiger charge is 2.41. The van der Waals surface area contributed by atoms with Crippen molar-refractivity contribution < 1.29 is 9.53 Å². The van der Waals surface area contributed by atoms with Crippen molar-refractivity contribution in [1.82, 2.24) is 5.32 Å². The molecule has 21 heavy (non-hydrogen) atoms. The van der Waals surface area contributed by atoms with Crippen LogP contribution in [0.15, 0.2) is 6.07 Å². The van der Waals surface area contributed by atoms with Crippen molar-refractivity contribution in [3.05, 3.63) is 21.4 Å².